The lowest BCUT2D eigenvalue weighted by Crippen LogP contribution is -1.96. The lowest BCUT2D eigenvalue weighted by molar-refractivity contribution is 0.636. The van der Waals surface area contributed by atoms with Crippen LogP contribution in [0.15, 0.2) is 23.0 Å². The Morgan fingerprint density at radius 1 is 1.27 bits per heavy atom. The molecule has 2 aromatic rings. The molecule has 0 amide bonds. The predicted octanol–water partition coefficient (Wildman–Crippen LogP) is 0.995. The van der Waals surface area contributed by atoms with Gasteiger partial charge in [0, 0.05) is 0 Å². The maximum absolute atomic E-state index is 12.8. The van der Waals surface area contributed by atoms with E-state index in [1.165, 1.54) is 12.1 Å². The summed E-state index contributed by atoms with van der Waals surface area (Å²) in [5.41, 5.74) is -0.0583. The number of aromatic nitrogens is 2. The second-order valence-electron chi connectivity index (χ2n) is 2.24. The van der Waals surface area contributed by atoms with Crippen LogP contribution < -0.4 is 5.56 Å². The standard InChI is InChI=1S/C7H5FN2O/c8-5-3-1-2-4-6(5)9-10-7(4)11/h1-3H,(H2,9,10,11). The first-order valence-corrected chi connectivity index (χ1v) is 3.14. The average Bonchev–Trinajstić information content (AvgIpc) is 2.35. The van der Waals surface area contributed by atoms with Crippen LogP contribution in [0.1, 0.15) is 0 Å². The number of halogens is 1. The minimum Gasteiger partial charge on any atom is -0.295 e. The number of hydrogen-bond acceptors (Lipinski definition) is 1. The molecule has 0 radical (unpaired) electrons. The van der Waals surface area contributed by atoms with E-state index >= 15 is 0 Å². The van der Waals surface area contributed by atoms with Crippen LogP contribution in [0, 0.1) is 5.82 Å². The second-order valence-corrected chi connectivity index (χ2v) is 2.24. The molecule has 0 saturated carbocycles. The van der Waals surface area contributed by atoms with Gasteiger partial charge in [0.15, 0.2) is 0 Å². The molecular formula is C7H5FN2O. The van der Waals surface area contributed by atoms with Crippen LogP contribution >= 0.6 is 0 Å². The third-order valence-electron chi connectivity index (χ3n) is 1.56. The fraction of sp³-hybridized carbons (Fsp3) is 0. The molecule has 2 N–H and O–H groups in total. The maximum atomic E-state index is 12.8. The van der Waals surface area contributed by atoms with E-state index < -0.39 is 5.82 Å². The van der Waals surface area contributed by atoms with Crippen molar-refractivity contribution in [1.29, 1.82) is 0 Å². The topological polar surface area (TPSA) is 48.6 Å². The number of hydrogen-bond donors (Lipinski definition) is 2. The van der Waals surface area contributed by atoms with Gasteiger partial charge in [-0.3, -0.25) is 15.0 Å². The largest absolute Gasteiger partial charge is 0.295 e. The van der Waals surface area contributed by atoms with Gasteiger partial charge in [-0.05, 0) is 12.1 Å². The van der Waals surface area contributed by atoms with Crippen molar-refractivity contribution in [2.45, 2.75) is 0 Å². The summed E-state index contributed by atoms with van der Waals surface area (Å²) in [5.74, 6) is -0.416. The van der Waals surface area contributed by atoms with Crippen molar-refractivity contribution in [3.63, 3.8) is 0 Å². The smallest absolute Gasteiger partial charge is 0.271 e. The maximum Gasteiger partial charge on any atom is 0.271 e. The minimum absolute atomic E-state index is 0.234. The van der Waals surface area contributed by atoms with E-state index in [0.717, 1.165) is 0 Å². The Balaban J connectivity index is 3.06. The summed E-state index contributed by atoms with van der Waals surface area (Å²) in [7, 11) is 0. The highest BCUT2D eigenvalue weighted by Crippen LogP contribution is 2.09. The molecule has 0 unspecified atom stereocenters. The third-order valence-corrected chi connectivity index (χ3v) is 1.56. The van der Waals surface area contributed by atoms with Crippen LogP contribution in [0.25, 0.3) is 10.9 Å². The van der Waals surface area contributed by atoms with Gasteiger partial charge in [-0.2, -0.15) is 0 Å². The van der Waals surface area contributed by atoms with Crippen molar-refractivity contribution in [1.82, 2.24) is 10.2 Å². The monoisotopic (exact) mass is 152 g/mol. The molecule has 1 heterocycles. The molecule has 1 aromatic heterocycles. The summed E-state index contributed by atoms with van der Waals surface area (Å²) in [4.78, 5) is 10.9. The molecule has 0 aliphatic carbocycles. The first-order valence-electron chi connectivity index (χ1n) is 3.14. The Hall–Kier alpha value is -1.58. The molecule has 0 atom stereocenters. The van der Waals surface area contributed by atoms with Gasteiger partial charge in [-0.25, -0.2) is 4.39 Å². The minimum atomic E-state index is -0.416. The molecule has 2 rings (SSSR count). The first kappa shape index (κ1) is 6.15. The van der Waals surface area contributed by atoms with Gasteiger partial charge in [0.25, 0.3) is 5.56 Å². The number of nitrogens with one attached hydrogen (secondary N) is 2. The zero-order valence-corrected chi connectivity index (χ0v) is 5.52. The normalized spacial score (nSPS) is 10.6. The van der Waals surface area contributed by atoms with E-state index in [4.69, 9.17) is 0 Å². The van der Waals surface area contributed by atoms with Gasteiger partial charge < -0.3 is 0 Å². The van der Waals surface area contributed by atoms with E-state index in [9.17, 15) is 9.18 Å². The number of benzene rings is 1. The fourth-order valence-corrected chi connectivity index (χ4v) is 1.03. The molecule has 0 fully saturated rings. The van der Waals surface area contributed by atoms with Gasteiger partial charge in [0.1, 0.15) is 11.3 Å². The Kier molecular flexibility index (Phi) is 1.09. The van der Waals surface area contributed by atoms with Crippen molar-refractivity contribution in [3.8, 4) is 0 Å². The van der Waals surface area contributed by atoms with Crippen LogP contribution in [-0.2, 0) is 0 Å². The van der Waals surface area contributed by atoms with Crippen LogP contribution in [0.5, 0.6) is 0 Å². The van der Waals surface area contributed by atoms with Crippen molar-refractivity contribution >= 4 is 10.9 Å². The van der Waals surface area contributed by atoms with Crippen LogP contribution in [0.4, 0.5) is 4.39 Å². The Morgan fingerprint density at radius 2 is 2.09 bits per heavy atom. The van der Waals surface area contributed by atoms with E-state index in [1.54, 1.807) is 6.07 Å². The van der Waals surface area contributed by atoms with E-state index in [1.807, 2.05) is 0 Å². The highest BCUT2D eigenvalue weighted by atomic mass is 19.1. The molecule has 0 aliphatic rings. The summed E-state index contributed by atoms with van der Waals surface area (Å²) in [6.45, 7) is 0. The summed E-state index contributed by atoms with van der Waals surface area (Å²) in [6.07, 6.45) is 0. The van der Waals surface area contributed by atoms with Gasteiger partial charge >= 0.3 is 0 Å². The van der Waals surface area contributed by atoms with E-state index in [0.29, 0.717) is 5.39 Å². The molecule has 0 bridgehead atoms. The van der Waals surface area contributed by atoms with Crippen molar-refractivity contribution < 1.29 is 4.39 Å². The SMILES string of the molecule is O=c1[nH][nH]c2c(F)cccc12. The molecule has 0 saturated heterocycles. The average molecular weight is 152 g/mol. The lowest BCUT2D eigenvalue weighted by atomic mass is 10.2. The quantitative estimate of drug-likeness (QED) is 0.581. The third kappa shape index (κ3) is 0.756. The van der Waals surface area contributed by atoms with Crippen molar-refractivity contribution in [2.75, 3.05) is 0 Å². The lowest BCUT2D eigenvalue weighted by Gasteiger charge is -1.86. The number of H-pyrrole nitrogens is 2. The number of rotatable bonds is 0. The predicted molar refractivity (Wildman–Crippen MR) is 38.9 cm³/mol. The summed E-state index contributed by atoms with van der Waals surface area (Å²) in [5, 5.41) is 5.09. The molecule has 0 spiro atoms. The Labute approximate surface area is 60.8 Å². The highest BCUT2D eigenvalue weighted by molar-refractivity contribution is 5.77. The van der Waals surface area contributed by atoms with Crippen LogP contribution in [0.2, 0.25) is 0 Å². The summed E-state index contributed by atoms with van der Waals surface area (Å²) >= 11 is 0. The number of para-hydroxylation sites is 1. The van der Waals surface area contributed by atoms with Gasteiger partial charge in [-0.15, -0.1) is 0 Å². The zero-order chi connectivity index (χ0) is 7.84. The van der Waals surface area contributed by atoms with Gasteiger partial charge in [0.05, 0.1) is 5.39 Å². The fourth-order valence-electron chi connectivity index (χ4n) is 1.03. The molecular weight excluding hydrogens is 147 g/mol. The summed E-state index contributed by atoms with van der Waals surface area (Å²) in [6, 6.07) is 4.36. The van der Waals surface area contributed by atoms with E-state index in [2.05, 4.69) is 10.2 Å². The van der Waals surface area contributed by atoms with Gasteiger partial charge in [0.2, 0.25) is 0 Å². The zero-order valence-electron chi connectivity index (χ0n) is 5.52. The van der Waals surface area contributed by atoms with Crippen molar-refractivity contribution in [3.05, 3.63) is 34.4 Å². The number of fused-ring (bicyclic) bond motifs is 1. The number of aromatic amines is 2. The Morgan fingerprint density at radius 3 is 2.82 bits per heavy atom. The van der Waals surface area contributed by atoms with Crippen molar-refractivity contribution in [2.24, 2.45) is 0 Å². The molecule has 56 valence electrons. The molecule has 3 nitrogen and oxygen atoms in total. The second kappa shape index (κ2) is 1.95. The highest BCUT2D eigenvalue weighted by Gasteiger charge is 2.03. The van der Waals surface area contributed by atoms with Gasteiger partial charge in [-0.1, -0.05) is 6.07 Å². The Bertz CT molecular complexity index is 443. The van der Waals surface area contributed by atoms with E-state index in [-0.39, 0.29) is 11.1 Å². The molecule has 11 heavy (non-hydrogen) atoms. The summed E-state index contributed by atoms with van der Waals surface area (Å²) < 4.78 is 12.8. The molecule has 0 aliphatic heterocycles. The first-order chi connectivity index (χ1) is 5.29. The molecule has 1 aromatic carbocycles. The van der Waals surface area contributed by atoms with Crippen LogP contribution in [-0.4, -0.2) is 10.2 Å². The van der Waals surface area contributed by atoms with Crippen LogP contribution in [0.3, 0.4) is 0 Å². The molecule has 4 heteroatoms.